The van der Waals surface area contributed by atoms with E-state index in [0.717, 1.165) is 38.0 Å². The van der Waals surface area contributed by atoms with E-state index in [4.69, 9.17) is 0 Å². The van der Waals surface area contributed by atoms with Crippen LogP contribution in [-0.4, -0.2) is 21.9 Å². The molecule has 0 bridgehead atoms. The molecule has 1 saturated carbocycles. The Labute approximate surface area is 172 Å². The third-order valence-corrected chi connectivity index (χ3v) is 8.00. The van der Waals surface area contributed by atoms with Crippen LogP contribution in [0.3, 0.4) is 0 Å². The third-order valence-electron chi connectivity index (χ3n) is 8.00. The molecule has 0 aromatic carbocycles. The Balaban J connectivity index is 1.62. The van der Waals surface area contributed by atoms with E-state index in [0.29, 0.717) is 11.3 Å². The minimum Gasteiger partial charge on any atom is -0.390 e. The molecule has 4 atom stereocenters. The van der Waals surface area contributed by atoms with Crippen molar-refractivity contribution in [2.45, 2.75) is 110 Å². The van der Waals surface area contributed by atoms with Crippen LogP contribution in [0.4, 0.5) is 0 Å². The van der Waals surface area contributed by atoms with E-state index in [1.165, 1.54) is 49.7 Å². The van der Waals surface area contributed by atoms with Crippen LogP contribution in [0.2, 0.25) is 0 Å². The van der Waals surface area contributed by atoms with E-state index in [1.807, 2.05) is 13.8 Å². The van der Waals surface area contributed by atoms with Crippen molar-refractivity contribution in [3.63, 3.8) is 0 Å². The number of hydrogen-bond donors (Lipinski definition) is 2. The molecule has 0 amide bonds. The number of aliphatic hydroxyl groups excluding tert-OH is 1. The molecule has 0 spiro atoms. The summed E-state index contributed by atoms with van der Waals surface area (Å²) < 4.78 is 0. The van der Waals surface area contributed by atoms with Gasteiger partial charge in [-0.25, -0.2) is 0 Å². The van der Waals surface area contributed by atoms with Crippen LogP contribution in [0, 0.1) is 17.3 Å². The first-order valence-corrected chi connectivity index (χ1v) is 11.7. The number of fused-ring (bicyclic) bond motifs is 1. The van der Waals surface area contributed by atoms with Crippen molar-refractivity contribution in [2.75, 3.05) is 0 Å². The maximum atomic E-state index is 10.1. The van der Waals surface area contributed by atoms with Crippen LogP contribution in [0.15, 0.2) is 34.9 Å². The van der Waals surface area contributed by atoms with Gasteiger partial charge >= 0.3 is 0 Å². The summed E-state index contributed by atoms with van der Waals surface area (Å²) in [5.41, 5.74) is 4.00. The highest BCUT2D eigenvalue weighted by atomic mass is 16.3. The van der Waals surface area contributed by atoms with Crippen molar-refractivity contribution in [3.8, 4) is 0 Å². The average molecular weight is 387 g/mol. The van der Waals surface area contributed by atoms with Crippen LogP contribution in [0.1, 0.15) is 98.3 Å². The molecule has 0 aromatic heterocycles. The highest BCUT2D eigenvalue weighted by Gasteiger charge is 2.47. The first-order valence-electron chi connectivity index (χ1n) is 11.7. The van der Waals surface area contributed by atoms with Gasteiger partial charge in [-0.2, -0.15) is 0 Å². The molecule has 3 rings (SSSR count). The summed E-state index contributed by atoms with van der Waals surface area (Å²) >= 11 is 0. The highest BCUT2D eigenvalue weighted by molar-refractivity contribution is 5.36. The zero-order valence-electron chi connectivity index (χ0n) is 18.6. The fourth-order valence-corrected chi connectivity index (χ4v) is 6.06. The van der Waals surface area contributed by atoms with E-state index >= 15 is 0 Å². The minimum atomic E-state index is -0.521. The molecule has 28 heavy (non-hydrogen) atoms. The summed E-state index contributed by atoms with van der Waals surface area (Å²) in [6.07, 6.45) is 19.9. The lowest BCUT2D eigenvalue weighted by atomic mass is 9.64. The van der Waals surface area contributed by atoms with Crippen molar-refractivity contribution in [3.05, 3.63) is 34.9 Å². The van der Waals surface area contributed by atoms with Crippen molar-refractivity contribution in [1.29, 1.82) is 0 Å². The van der Waals surface area contributed by atoms with E-state index in [-0.39, 0.29) is 6.10 Å². The molecule has 0 aliphatic heterocycles. The van der Waals surface area contributed by atoms with E-state index in [2.05, 4.69) is 32.1 Å². The fraction of sp³-hybridized carbons (Fsp3) is 0.769. The summed E-state index contributed by atoms with van der Waals surface area (Å²) in [4.78, 5) is 0. The summed E-state index contributed by atoms with van der Waals surface area (Å²) in [5.74, 6) is 1.53. The SMILES string of the molecule is CC1=C(/C=C/C2=CCCC3(C)C(CCCCC(C)(C)O)CCC23)CCCC1O. The van der Waals surface area contributed by atoms with Crippen LogP contribution in [0.25, 0.3) is 0 Å². The van der Waals surface area contributed by atoms with Gasteiger partial charge < -0.3 is 10.2 Å². The van der Waals surface area contributed by atoms with Crippen molar-refractivity contribution < 1.29 is 10.2 Å². The molecule has 0 heterocycles. The van der Waals surface area contributed by atoms with Crippen molar-refractivity contribution in [1.82, 2.24) is 0 Å². The number of allylic oxidation sites excluding steroid dienone is 5. The Bertz CT molecular complexity index is 633. The largest absolute Gasteiger partial charge is 0.390 e. The normalized spacial score (nSPS) is 34.1. The first kappa shape index (κ1) is 21.8. The molecule has 0 radical (unpaired) electrons. The van der Waals surface area contributed by atoms with Gasteiger partial charge in [-0.3, -0.25) is 0 Å². The molecule has 158 valence electrons. The monoisotopic (exact) mass is 386 g/mol. The Kier molecular flexibility index (Phi) is 6.92. The summed E-state index contributed by atoms with van der Waals surface area (Å²) in [6.45, 7) is 8.49. The number of unbranched alkanes of at least 4 members (excludes halogenated alkanes) is 1. The summed E-state index contributed by atoms with van der Waals surface area (Å²) in [7, 11) is 0. The second kappa shape index (κ2) is 8.88. The third kappa shape index (κ3) is 5.00. The van der Waals surface area contributed by atoms with Gasteiger partial charge in [0.05, 0.1) is 11.7 Å². The highest BCUT2D eigenvalue weighted by Crippen LogP contribution is 2.57. The summed E-state index contributed by atoms with van der Waals surface area (Å²) in [5, 5.41) is 20.1. The van der Waals surface area contributed by atoms with Gasteiger partial charge in [0.25, 0.3) is 0 Å². The standard InChI is InChI=1S/C26H42O2/c1-19-20(9-7-12-24(19)27)13-14-21-10-8-18-26(4)22(15-16-23(21)26)11-5-6-17-25(2,3)28/h10,13-14,22-24,27-28H,5-9,11-12,15-18H2,1-4H3/b14-13+. The predicted molar refractivity (Wildman–Crippen MR) is 118 cm³/mol. The van der Waals surface area contributed by atoms with Crippen LogP contribution in [0.5, 0.6) is 0 Å². The minimum absolute atomic E-state index is 0.237. The maximum Gasteiger partial charge on any atom is 0.0753 e. The lowest BCUT2D eigenvalue weighted by Gasteiger charge is -2.41. The van der Waals surface area contributed by atoms with Gasteiger partial charge in [0, 0.05) is 0 Å². The molecule has 2 nitrogen and oxygen atoms in total. The Hall–Kier alpha value is -0.860. The predicted octanol–water partition coefficient (Wildman–Crippen LogP) is 6.49. The zero-order valence-corrected chi connectivity index (χ0v) is 18.6. The lowest BCUT2D eigenvalue weighted by molar-refractivity contribution is 0.0663. The molecule has 2 heteroatoms. The zero-order chi connectivity index (χ0) is 20.4. The van der Waals surface area contributed by atoms with Gasteiger partial charge in [-0.1, -0.05) is 38.0 Å². The van der Waals surface area contributed by atoms with Gasteiger partial charge in [-0.15, -0.1) is 0 Å². The second-order valence-corrected chi connectivity index (χ2v) is 10.6. The molecule has 4 unspecified atom stereocenters. The van der Waals surface area contributed by atoms with Crippen LogP contribution in [-0.2, 0) is 0 Å². The molecule has 2 N–H and O–H groups in total. The molecular weight excluding hydrogens is 344 g/mol. The second-order valence-electron chi connectivity index (χ2n) is 10.6. The molecule has 0 aromatic rings. The summed E-state index contributed by atoms with van der Waals surface area (Å²) in [6, 6.07) is 0. The molecule has 3 aliphatic rings. The fourth-order valence-electron chi connectivity index (χ4n) is 6.06. The van der Waals surface area contributed by atoms with Crippen molar-refractivity contribution >= 4 is 0 Å². The maximum absolute atomic E-state index is 10.1. The Morgan fingerprint density at radius 2 is 1.96 bits per heavy atom. The molecule has 0 saturated heterocycles. The molecule has 1 fully saturated rings. The van der Waals surface area contributed by atoms with Crippen LogP contribution >= 0.6 is 0 Å². The Morgan fingerprint density at radius 1 is 1.18 bits per heavy atom. The van der Waals surface area contributed by atoms with Gasteiger partial charge in [-0.05, 0) is 113 Å². The van der Waals surface area contributed by atoms with Crippen LogP contribution < -0.4 is 0 Å². The first-order chi connectivity index (χ1) is 13.2. The Morgan fingerprint density at radius 3 is 2.71 bits per heavy atom. The van der Waals surface area contributed by atoms with Crippen molar-refractivity contribution in [2.24, 2.45) is 17.3 Å². The average Bonchev–Trinajstić information content (AvgIpc) is 2.96. The number of hydrogen-bond acceptors (Lipinski definition) is 2. The number of aliphatic hydroxyl groups is 2. The van der Waals surface area contributed by atoms with E-state index < -0.39 is 5.60 Å². The quantitative estimate of drug-likeness (QED) is 0.491. The smallest absolute Gasteiger partial charge is 0.0753 e. The number of rotatable bonds is 7. The van der Waals surface area contributed by atoms with E-state index in [9.17, 15) is 10.2 Å². The van der Waals surface area contributed by atoms with E-state index in [1.54, 1.807) is 5.57 Å². The molecular formula is C26H42O2. The van der Waals surface area contributed by atoms with Gasteiger partial charge in [0.15, 0.2) is 0 Å². The molecule has 3 aliphatic carbocycles. The van der Waals surface area contributed by atoms with Gasteiger partial charge in [0.1, 0.15) is 0 Å². The topological polar surface area (TPSA) is 40.5 Å². The lowest BCUT2D eigenvalue weighted by Crippen LogP contribution is -2.32. The van der Waals surface area contributed by atoms with Gasteiger partial charge in [0.2, 0.25) is 0 Å².